The molecule has 0 heterocycles. The SMILES string of the molecule is CCC1(C(=O)NCc2ccc(CCN)cc2)CCCC1. The maximum atomic E-state index is 12.4. The van der Waals surface area contributed by atoms with Gasteiger partial charge in [0.2, 0.25) is 5.91 Å². The number of carbonyl (C=O) groups is 1. The molecule has 1 aliphatic rings. The number of hydrogen-bond donors (Lipinski definition) is 2. The lowest BCUT2D eigenvalue weighted by Crippen LogP contribution is -2.38. The van der Waals surface area contributed by atoms with E-state index in [9.17, 15) is 4.79 Å². The van der Waals surface area contributed by atoms with Gasteiger partial charge in [-0.1, -0.05) is 44.0 Å². The van der Waals surface area contributed by atoms with Crippen molar-refractivity contribution in [1.82, 2.24) is 5.32 Å². The molecule has 1 aliphatic carbocycles. The van der Waals surface area contributed by atoms with Crippen LogP contribution >= 0.6 is 0 Å². The van der Waals surface area contributed by atoms with Gasteiger partial charge in [-0.05, 0) is 43.4 Å². The lowest BCUT2D eigenvalue weighted by atomic mass is 9.82. The fraction of sp³-hybridized carbons (Fsp3) is 0.588. The van der Waals surface area contributed by atoms with Crippen molar-refractivity contribution in [3.05, 3.63) is 35.4 Å². The van der Waals surface area contributed by atoms with Gasteiger partial charge >= 0.3 is 0 Å². The Morgan fingerprint density at radius 1 is 1.20 bits per heavy atom. The number of nitrogens with one attached hydrogen (secondary N) is 1. The number of benzene rings is 1. The van der Waals surface area contributed by atoms with Crippen molar-refractivity contribution in [3.63, 3.8) is 0 Å². The molecule has 0 spiro atoms. The third kappa shape index (κ3) is 3.40. The van der Waals surface area contributed by atoms with Crippen LogP contribution in [0.4, 0.5) is 0 Å². The summed E-state index contributed by atoms with van der Waals surface area (Å²) in [4.78, 5) is 12.4. The highest BCUT2D eigenvalue weighted by atomic mass is 16.2. The monoisotopic (exact) mass is 274 g/mol. The molecule has 0 atom stereocenters. The van der Waals surface area contributed by atoms with Crippen LogP contribution < -0.4 is 11.1 Å². The summed E-state index contributed by atoms with van der Waals surface area (Å²) in [6.07, 6.45) is 6.33. The van der Waals surface area contributed by atoms with Crippen LogP contribution in [0, 0.1) is 5.41 Å². The molecule has 1 aromatic carbocycles. The van der Waals surface area contributed by atoms with E-state index in [1.54, 1.807) is 0 Å². The fourth-order valence-corrected chi connectivity index (χ4v) is 3.15. The van der Waals surface area contributed by atoms with Gasteiger partial charge in [0.05, 0.1) is 0 Å². The summed E-state index contributed by atoms with van der Waals surface area (Å²) in [7, 11) is 0. The van der Waals surface area contributed by atoms with Crippen molar-refractivity contribution in [2.24, 2.45) is 11.1 Å². The molecule has 1 amide bonds. The highest BCUT2D eigenvalue weighted by Gasteiger charge is 2.38. The molecule has 0 saturated heterocycles. The Kier molecular flexibility index (Phi) is 5.18. The van der Waals surface area contributed by atoms with E-state index in [1.165, 1.54) is 18.4 Å². The zero-order valence-electron chi connectivity index (χ0n) is 12.5. The smallest absolute Gasteiger partial charge is 0.226 e. The number of carbonyl (C=O) groups excluding carboxylic acids is 1. The predicted molar refractivity (Wildman–Crippen MR) is 82.2 cm³/mol. The minimum absolute atomic E-state index is 0.0977. The van der Waals surface area contributed by atoms with E-state index in [1.807, 2.05) is 0 Å². The van der Waals surface area contributed by atoms with Gasteiger partial charge < -0.3 is 11.1 Å². The van der Waals surface area contributed by atoms with Gasteiger partial charge in [0.25, 0.3) is 0 Å². The Bertz CT molecular complexity index is 433. The Hall–Kier alpha value is -1.35. The summed E-state index contributed by atoms with van der Waals surface area (Å²) in [5, 5.41) is 3.12. The summed E-state index contributed by atoms with van der Waals surface area (Å²) in [6, 6.07) is 8.36. The first kappa shape index (κ1) is 15.0. The molecule has 0 bridgehead atoms. The molecule has 1 fully saturated rings. The molecular weight excluding hydrogens is 248 g/mol. The van der Waals surface area contributed by atoms with Crippen LogP contribution in [0.3, 0.4) is 0 Å². The van der Waals surface area contributed by atoms with Crippen LogP contribution in [0.15, 0.2) is 24.3 Å². The molecule has 110 valence electrons. The molecule has 0 aliphatic heterocycles. The van der Waals surface area contributed by atoms with E-state index < -0.39 is 0 Å². The molecule has 3 nitrogen and oxygen atoms in total. The largest absolute Gasteiger partial charge is 0.352 e. The van der Waals surface area contributed by atoms with Gasteiger partial charge in [-0.15, -0.1) is 0 Å². The van der Waals surface area contributed by atoms with E-state index in [2.05, 4.69) is 36.5 Å². The van der Waals surface area contributed by atoms with Crippen LogP contribution in [-0.4, -0.2) is 12.5 Å². The summed E-state index contributed by atoms with van der Waals surface area (Å²) in [5.74, 6) is 0.239. The van der Waals surface area contributed by atoms with Crippen molar-refractivity contribution in [3.8, 4) is 0 Å². The number of amides is 1. The maximum absolute atomic E-state index is 12.4. The topological polar surface area (TPSA) is 55.1 Å². The van der Waals surface area contributed by atoms with Crippen LogP contribution in [0.5, 0.6) is 0 Å². The molecule has 20 heavy (non-hydrogen) atoms. The van der Waals surface area contributed by atoms with Gasteiger partial charge in [-0.2, -0.15) is 0 Å². The summed E-state index contributed by atoms with van der Waals surface area (Å²) >= 11 is 0. The first-order valence-corrected chi connectivity index (χ1v) is 7.76. The van der Waals surface area contributed by atoms with Crippen LogP contribution in [0.1, 0.15) is 50.2 Å². The minimum atomic E-state index is -0.0977. The van der Waals surface area contributed by atoms with E-state index >= 15 is 0 Å². The van der Waals surface area contributed by atoms with E-state index in [-0.39, 0.29) is 11.3 Å². The highest BCUT2D eigenvalue weighted by Crippen LogP contribution is 2.41. The average molecular weight is 274 g/mol. The first-order chi connectivity index (χ1) is 9.70. The molecule has 0 radical (unpaired) electrons. The number of rotatable bonds is 6. The lowest BCUT2D eigenvalue weighted by molar-refractivity contribution is -0.131. The van der Waals surface area contributed by atoms with Gasteiger partial charge in [-0.25, -0.2) is 0 Å². The lowest BCUT2D eigenvalue weighted by Gasteiger charge is -2.26. The molecule has 1 aromatic rings. The van der Waals surface area contributed by atoms with Crippen LogP contribution in [0.2, 0.25) is 0 Å². The Morgan fingerprint density at radius 2 is 1.80 bits per heavy atom. The molecule has 0 aromatic heterocycles. The van der Waals surface area contributed by atoms with Crippen LogP contribution in [-0.2, 0) is 17.8 Å². The third-order valence-electron chi connectivity index (χ3n) is 4.63. The molecule has 3 N–H and O–H groups in total. The van der Waals surface area contributed by atoms with Crippen molar-refractivity contribution in [2.75, 3.05) is 6.54 Å². The Balaban J connectivity index is 1.89. The molecule has 3 heteroatoms. The van der Waals surface area contributed by atoms with Gasteiger partial charge in [0, 0.05) is 12.0 Å². The standard InChI is InChI=1S/C17H26N2O/c1-2-17(10-3-4-11-17)16(20)19-13-15-7-5-14(6-8-15)9-12-18/h5-8H,2-4,9-13,18H2,1H3,(H,19,20). The second kappa shape index (κ2) is 6.89. The van der Waals surface area contributed by atoms with Crippen LogP contribution in [0.25, 0.3) is 0 Å². The zero-order valence-corrected chi connectivity index (χ0v) is 12.5. The Morgan fingerprint density at radius 3 is 2.35 bits per heavy atom. The van der Waals surface area contributed by atoms with E-state index in [0.717, 1.165) is 31.2 Å². The van der Waals surface area contributed by atoms with Crippen molar-refractivity contribution < 1.29 is 4.79 Å². The van der Waals surface area contributed by atoms with Gasteiger partial charge in [0.1, 0.15) is 0 Å². The number of hydrogen-bond acceptors (Lipinski definition) is 2. The molecule has 1 saturated carbocycles. The van der Waals surface area contributed by atoms with Gasteiger partial charge in [-0.3, -0.25) is 4.79 Å². The quantitative estimate of drug-likeness (QED) is 0.838. The molecular formula is C17H26N2O. The van der Waals surface area contributed by atoms with Crippen molar-refractivity contribution in [2.45, 2.75) is 52.0 Å². The first-order valence-electron chi connectivity index (χ1n) is 7.76. The van der Waals surface area contributed by atoms with E-state index in [4.69, 9.17) is 5.73 Å². The van der Waals surface area contributed by atoms with Crippen molar-refractivity contribution >= 4 is 5.91 Å². The minimum Gasteiger partial charge on any atom is -0.352 e. The van der Waals surface area contributed by atoms with Gasteiger partial charge in [0.15, 0.2) is 0 Å². The summed E-state index contributed by atoms with van der Waals surface area (Å²) in [6.45, 7) is 3.44. The normalized spacial score (nSPS) is 17.1. The average Bonchev–Trinajstić information content (AvgIpc) is 2.97. The summed E-state index contributed by atoms with van der Waals surface area (Å²) < 4.78 is 0. The second-order valence-electron chi connectivity index (χ2n) is 5.88. The maximum Gasteiger partial charge on any atom is 0.226 e. The summed E-state index contributed by atoms with van der Waals surface area (Å²) in [5.41, 5.74) is 7.85. The molecule has 0 unspecified atom stereocenters. The predicted octanol–water partition coefficient (Wildman–Crippen LogP) is 2.77. The third-order valence-corrected chi connectivity index (χ3v) is 4.63. The molecule has 2 rings (SSSR count). The second-order valence-corrected chi connectivity index (χ2v) is 5.88. The number of nitrogens with two attached hydrogens (primary N) is 1. The highest BCUT2D eigenvalue weighted by molar-refractivity contribution is 5.82. The zero-order chi connectivity index (χ0) is 14.4. The van der Waals surface area contributed by atoms with E-state index in [0.29, 0.717) is 13.1 Å². The fourth-order valence-electron chi connectivity index (χ4n) is 3.15. The van der Waals surface area contributed by atoms with Crippen molar-refractivity contribution in [1.29, 1.82) is 0 Å². The Labute approximate surface area is 121 Å².